The standard InChI is InChI=1S/C12H22O7S/c1-3-5-6-7-10(4-2)18-11(13)8-9-12(14)19-20(15,16)17/h10H,3-9H2,1-2H3,(H,15,16,17). The van der Waals surface area contributed by atoms with E-state index in [1.807, 2.05) is 6.92 Å². The summed E-state index contributed by atoms with van der Waals surface area (Å²) in [6.07, 6.45) is 3.64. The summed E-state index contributed by atoms with van der Waals surface area (Å²) in [5.41, 5.74) is 0. The van der Waals surface area contributed by atoms with E-state index in [1.165, 1.54) is 0 Å². The first-order valence-corrected chi connectivity index (χ1v) is 8.04. The Kier molecular flexibility index (Phi) is 9.15. The SMILES string of the molecule is CCCCCC(CC)OC(=O)CCC(=O)OS(=O)(=O)O. The maximum absolute atomic E-state index is 11.5. The van der Waals surface area contributed by atoms with Crippen LogP contribution < -0.4 is 0 Å². The van der Waals surface area contributed by atoms with Crippen molar-refractivity contribution in [3.8, 4) is 0 Å². The summed E-state index contributed by atoms with van der Waals surface area (Å²) in [6.45, 7) is 3.98. The van der Waals surface area contributed by atoms with Gasteiger partial charge in [-0.25, -0.2) is 0 Å². The zero-order valence-electron chi connectivity index (χ0n) is 11.8. The van der Waals surface area contributed by atoms with Crippen LogP contribution in [0.5, 0.6) is 0 Å². The second-order valence-corrected chi connectivity index (χ2v) is 5.42. The molecule has 0 aliphatic heterocycles. The molecule has 118 valence electrons. The predicted molar refractivity (Wildman–Crippen MR) is 71.2 cm³/mol. The molecule has 8 heteroatoms. The molecule has 0 amide bonds. The smallest absolute Gasteiger partial charge is 0.448 e. The highest BCUT2D eigenvalue weighted by molar-refractivity contribution is 7.81. The van der Waals surface area contributed by atoms with Crippen LogP contribution in [-0.4, -0.2) is 31.0 Å². The van der Waals surface area contributed by atoms with Gasteiger partial charge in [-0.3, -0.25) is 14.1 Å². The molecule has 0 fully saturated rings. The van der Waals surface area contributed by atoms with Gasteiger partial charge in [0.2, 0.25) is 0 Å². The Balaban J connectivity index is 3.99. The molecule has 1 atom stereocenters. The molecule has 0 bridgehead atoms. The molecule has 0 aromatic heterocycles. The summed E-state index contributed by atoms with van der Waals surface area (Å²) < 4.78 is 37.6. The fourth-order valence-corrected chi connectivity index (χ4v) is 1.89. The van der Waals surface area contributed by atoms with Gasteiger partial charge in [0.05, 0.1) is 12.8 Å². The van der Waals surface area contributed by atoms with E-state index in [1.54, 1.807) is 0 Å². The first-order chi connectivity index (χ1) is 9.28. The van der Waals surface area contributed by atoms with Crippen molar-refractivity contribution in [2.45, 2.75) is 64.9 Å². The van der Waals surface area contributed by atoms with Crippen LogP contribution in [-0.2, 0) is 28.9 Å². The normalized spacial score (nSPS) is 12.8. The molecule has 0 radical (unpaired) electrons. The molecule has 0 saturated carbocycles. The van der Waals surface area contributed by atoms with E-state index < -0.39 is 28.8 Å². The van der Waals surface area contributed by atoms with Crippen LogP contribution in [0.3, 0.4) is 0 Å². The van der Waals surface area contributed by atoms with E-state index in [9.17, 15) is 18.0 Å². The van der Waals surface area contributed by atoms with Gasteiger partial charge in [-0.1, -0.05) is 26.7 Å². The van der Waals surface area contributed by atoms with Crippen LogP contribution in [0.1, 0.15) is 58.8 Å². The van der Waals surface area contributed by atoms with Crippen LogP contribution in [0.2, 0.25) is 0 Å². The molecule has 0 aromatic rings. The second-order valence-electron chi connectivity index (χ2n) is 4.40. The number of esters is 1. The third kappa shape index (κ3) is 10.7. The molecule has 7 nitrogen and oxygen atoms in total. The van der Waals surface area contributed by atoms with Crippen LogP contribution in [0.4, 0.5) is 0 Å². The molecule has 1 N–H and O–H groups in total. The molecule has 0 rings (SSSR count). The molecule has 0 aliphatic carbocycles. The number of carbonyl (C=O) groups excluding carboxylic acids is 2. The van der Waals surface area contributed by atoms with Crippen LogP contribution in [0, 0.1) is 0 Å². The van der Waals surface area contributed by atoms with Gasteiger partial charge in [-0.05, 0) is 19.3 Å². The molecule has 0 aliphatic rings. The maximum atomic E-state index is 11.5. The van der Waals surface area contributed by atoms with Crippen molar-refractivity contribution in [1.29, 1.82) is 0 Å². The number of unbranched alkanes of at least 4 members (excludes halogenated alkanes) is 2. The van der Waals surface area contributed by atoms with Gasteiger partial charge in [0.1, 0.15) is 6.10 Å². The highest BCUT2D eigenvalue weighted by Crippen LogP contribution is 2.11. The van der Waals surface area contributed by atoms with Crippen LogP contribution in [0.25, 0.3) is 0 Å². The van der Waals surface area contributed by atoms with Crippen molar-refractivity contribution < 1.29 is 31.5 Å². The lowest BCUT2D eigenvalue weighted by Crippen LogP contribution is -2.19. The van der Waals surface area contributed by atoms with Crippen molar-refractivity contribution in [2.75, 3.05) is 0 Å². The first kappa shape index (κ1) is 18.9. The van der Waals surface area contributed by atoms with E-state index in [0.29, 0.717) is 6.42 Å². The zero-order valence-corrected chi connectivity index (χ0v) is 12.6. The summed E-state index contributed by atoms with van der Waals surface area (Å²) in [5, 5.41) is 0. The Labute approximate surface area is 119 Å². The van der Waals surface area contributed by atoms with Gasteiger partial charge >= 0.3 is 22.3 Å². The lowest BCUT2D eigenvalue weighted by molar-refractivity contribution is -0.152. The average Bonchev–Trinajstić information content (AvgIpc) is 2.33. The van der Waals surface area contributed by atoms with Gasteiger partial charge < -0.3 is 8.92 Å². The fraction of sp³-hybridized carbons (Fsp3) is 0.833. The quantitative estimate of drug-likeness (QED) is 0.373. The van der Waals surface area contributed by atoms with E-state index in [2.05, 4.69) is 11.1 Å². The molecule has 0 heterocycles. The van der Waals surface area contributed by atoms with Crippen LogP contribution >= 0.6 is 0 Å². The van der Waals surface area contributed by atoms with Gasteiger partial charge in [-0.15, -0.1) is 0 Å². The zero-order chi connectivity index (χ0) is 15.6. The van der Waals surface area contributed by atoms with Gasteiger partial charge in [0.25, 0.3) is 0 Å². The summed E-state index contributed by atoms with van der Waals surface area (Å²) >= 11 is 0. The summed E-state index contributed by atoms with van der Waals surface area (Å²) in [6, 6.07) is 0. The third-order valence-corrected chi connectivity index (χ3v) is 3.01. The highest BCUT2D eigenvalue weighted by Gasteiger charge is 2.17. The largest absolute Gasteiger partial charge is 0.462 e. The van der Waals surface area contributed by atoms with Crippen LogP contribution in [0.15, 0.2) is 0 Å². The van der Waals surface area contributed by atoms with Crippen molar-refractivity contribution in [1.82, 2.24) is 0 Å². The second kappa shape index (κ2) is 9.71. The molecule has 1 unspecified atom stereocenters. The fourth-order valence-electron chi connectivity index (χ4n) is 1.58. The van der Waals surface area contributed by atoms with Crippen molar-refractivity contribution in [2.24, 2.45) is 0 Å². The van der Waals surface area contributed by atoms with E-state index in [-0.39, 0.29) is 12.5 Å². The number of ether oxygens (including phenoxy) is 1. The molecule has 0 spiro atoms. The molecule has 0 aromatic carbocycles. The van der Waals surface area contributed by atoms with Crippen molar-refractivity contribution in [3.05, 3.63) is 0 Å². The van der Waals surface area contributed by atoms with E-state index in [4.69, 9.17) is 9.29 Å². The maximum Gasteiger partial charge on any atom is 0.448 e. The van der Waals surface area contributed by atoms with Gasteiger partial charge in [-0.2, -0.15) is 8.42 Å². The number of carbonyl (C=O) groups is 2. The molecule has 20 heavy (non-hydrogen) atoms. The average molecular weight is 310 g/mol. The minimum atomic E-state index is -4.82. The number of rotatable bonds is 10. The minimum absolute atomic E-state index is 0.188. The van der Waals surface area contributed by atoms with Crippen molar-refractivity contribution in [3.63, 3.8) is 0 Å². The van der Waals surface area contributed by atoms with Gasteiger partial charge in [0.15, 0.2) is 0 Å². The Morgan fingerprint density at radius 2 is 1.70 bits per heavy atom. The van der Waals surface area contributed by atoms with Gasteiger partial charge in [0, 0.05) is 0 Å². The van der Waals surface area contributed by atoms with Crippen molar-refractivity contribution >= 4 is 22.3 Å². The monoisotopic (exact) mass is 310 g/mol. The summed E-state index contributed by atoms with van der Waals surface area (Å²) in [7, 11) is -4.82. The predicted octanol–water partition coefficient (Wildman–Crippen LogP) is 2.01. The first-order valence-electron chi connectivity index (χ1n) is 6.67. The highest BCUT2D eigenvalue weighted by atomic mass is 32.3. The lowest BCUT2D eigenvalue weighted by atomic mass is 10.1. The minimum Gasteiger partial charge on any atom is -0.462 e. The lowest BCUT2D eigenvalue weighted by Gasteiger charge is -2.15. The Morgan fingerprint density at radius 1 is 1.10 bits per heavy atom. The Bertz CT molecular complexity index is 402. The summed E-state index contributed by atoms with van der Waals surface area (Å²) in [5.74, 6) is -1.77. The summed E-state index contributed by atoms with van der Waals surface area (Å²) in [4.78, 5) is 22.4. The number of hydrogen-bond acceptors (Lipinski definition) is 6. The number of hydrogen-bond donors (Lipinski definition) is 1. The Morgan fingerprint density at radius 3 is 2.20 bits per heavy atom. The third-order valence-electron chi connectivity index (χ3n) is 2.61. The molecular weight excluding hydrogens is 288 g/mol. The molecular formula is C12H22O7S. The van der Waals surface area contributed by atoms with E-state index in [0.717, 1.165) is 25.7 Å². The topological polar surface area (TPSA) is 107 Å². The van der Waals surface area contributed by atoms with E-state index >= 15 is 0 Å². The molecule has 0 saturated heterocycles. The Hall–Kier alpha value is -1.15.